The van der Waals surface area contributed by atoms with E-state index in [1.807, 2.05) is 13.8 Å². The standard InChI is InChI=1S/C42H51ClFN11O6/c1-42(2)18-24(37(56)53-42)13-26(20-46)49-39(58)30(52-40(59)31-16-27-33(61-3)17-28(44)35(43)36(27)51-31)14-23-15-32(23)55-10-4-5-22(41(55)60)12-25(19-45)48-38(57)29(11-21-6-7-21)50-34-8-9-47-54-34/h8-9,16-17,21-26,29-30,32,51H,4-7,10-15,18H2,1-3H3,(H,48,57)(H,49,58)(H,52,59)(H,53,56)(H2,47,50,54)/t22?,23?,24-,25?,26+,29?,30+,32?/m1/s1. The van der Waals surface area contributed by atoms with Crippen LogP contribution in [0.3, 0.4) is 0 Å². The molecule has 2 aromatic heterocycles. The number of aromatic nitrogens is 3. The van der Waals surface area contributed by atoms with Gasteiger partial charge in [0.2, 0.25) is 23.6 Å². The first-order chi connectivity index (χ1) is 29.2. The molecule has 0 spiro atoms. The van der Waals surface area contributed by atoms with E-state index in [4.69, 9.17) is 16.3 Å². The first kappa shape index (κ1) is 43.2. The number of carbonyl (C=O) groups is 5. The van der Waals surface area contributed by atoms with Crippen molar-refractivity contribution < 1.29 is 33.1 Å². The van der Waals surface area contributed by atoms with Crippen LogP contribution in [0.4, 0.5) is 10.2 Å². The SMILES string of the molecule is COc1cc(F)c(Cl)c2[nH]c(C(=O)N[C@@H](CC3CC3N3CCCC(CC(C#N)NC(=O)C(CC4CC4)Nc4ccn[nH]4)C3=O)C(=O)N[C@H](C#N)C[C@@H]3CC(C)(C)NC3=O)cc12. The Bertz CT molecular complexity index is 2250. The van der Waals surface area contributed by atoms with E-state index in [0.29, 0.717) is 55.8 Å². The fourth-order valence-corrected chi connectivity index (χ4v) is 9.08. The number of methoxy groups -OCH3 is 1. The Hall–Kier alpha value is -5.88. The number of amides is 5. The summed E-state index contributed by atoms with van der Waals surface area (Å²) in [7, 11) is 1.35. The topological polar surface area (TPSA) is 250 Å². The summed E-state index contributed by atoms with van der Waals surface area (Å²) in [4.78, 5) is 72.5. The second-order valence-electron chi connectivity index (χ2n) is 17.5. The van der Waals surface area contributed by atoms with Gasteiger partial charge < -0.3 is 41.2 Å². The number of likely N-dealkylation sites (tertiary alicyclic amines) is 1. The summed E-state index contributed by atoms with van der Waals surface area (Å²) < 4.78 is 19.8. The van der Waals surface area contributed by atoms with Crippen molar-refractivity contribution in [3.8, 4) is 17.9 Å². The number of rotatable bonds is 18. The van der Waals surface area contributed by atoms with Gasteiger partial charge in [-0.25, -0.2) is 4.39 Å². The Morgan fingerprint density at radius 1 is 1.02 bits per heavy atom. The van der Waals surface area contributed by atoms with Gasteiger partial charge in [-0.05, 0) is 89.2 Å². The van der Waals surface area contributed by atoms with Crippen LogP contribution in [0.2, 0.25) is 5.02 Å². The molecule has 7 N–H and O–H groups in total. The number of benzene rings is 1. The normalized spacial score (nSPS) is 23.8. The predicted molar refractivity (Wildman–Crippen MR) is 220 cm³/mol. The second-order valence-corrected chi connectivity index (χ2v) is 17.9. The maximum Gasteiger partial charge on any atom is 0.268 e. The van der Waals surface area contributed by atoms with Crippen LogP contribution in [0.1, 0.15) is 88.5 Å². The lowest BCUT2D eigenvalue weighted by Crippen LogP contribution is -2.51. The summed E-state index contributed by atoms with van der Waals surface area (Å²) in [6.45, 7) is 4.24. The van der Waals surface area contributed by atoms with Gasteiger partial charge in [-0.3, -0.25) is 29.1 Å². The van der Waals surface area contributed by atoms with Crippen LogP contribution in [-0.4, -0.2) is 99.0 Å². The fourth-order valence-electron chi connectivity index (χ4n) is 8.88. The lowest BCUT2D eigenvalue weighted by Gasteiger charge is -2.34. The lowest BCUT2D eigenvalue weighted by atomic mass is 9.90. The molecule has 8 atom stereocenters. The van der Waals surface area contributed by atoms with Crippen LogP contribution in [0.25, 0.3) is 10.9 Å². The van der Waals surface area contributed by atoms with Crippen LogP contribution < -0.4 is 31.3 Å². The number of halogens is 2. The third kappa shape index (κ3) is 10.2. The zero-order chi connectivity index (χ0) is 43.6. The van der Waals surface area contributed by atoms with Crippen LogP contribution in [0, 0.1) is 52.2 Å². The molecule has 5 amide bonds. The molecule has 0 radical (unpaired) electrons. The molecule has 3 aromatic rings. The minimum Gasteiger partial charge on any atom is -0.496 e. The molecular formula is C42H51ClFN11O6. The molecule has 2 aliphatic heterocycles. The Morgan fingerprint density at radius 3 is 2.34 bits per heavy atom. The largest absolute Gasteiger partial charge is 0.496 e. The highest BCUT2D eigenvalue weighted by atomic mass is 35.5. The van der Waals surface area contributed by atoms with Crippen molar-refractivity contribution in [3.05, 3.63) is 40.9 Å². The number of aromatic amines is 2. The third-order valence-electron chi connectivity index (χ3n) is 12.3. The number of fused-ring (bicyclic) bond motifs is 1. The molecule has 0 bridgehead atoms. The van der Waals surface area contributed by atoms with E-state index >= 15 is 0 Å². The molecule has 2 saturated heterocycles. The van der Waals surface area contributed by atoms with Gasteiger partial charge in [0.25, 0.3) is 5.91 Å². The maximum absolute atomic E-state index is 14.5. The molecule has 19 heteroatoms. The molecule has 17 nitrogen and oxygen atoms in total. The molecule has 2 aliphatic carbocycles. The molecule has 2 saturated carbocycles. The fraction of sp³-hybridized carbons (Fsp3) is 0.571. The highest BCUT2D eigenvalue weighted by Crippen LogP contribution is 2.42. The van der Waals surface area contributed by atoms with Crippen LogP contribution >= 0.6 is 11.6 Å². The average Bonchev–Trinajstić information content (AvgIpc) is 4.05. The zero-order valence-electron chi connectivity index (χ0n) is 34.3. The van der Waals surface area contributed by atoms with E-state index < -0.39 is 59.2 Å². The number of nitrogens with zero attached hydrogens (tertiary/aromatic N) is 4. The summed E-state index contributed by atoms with van der Waals surface area (Å²) in [5.74, 6) is -2.80. The maximum atomic E-state index is 14.5. The van der Waals surface area contributed by atoms with Crippen molar-refractivity contribution in [2.24, 2.45) is 23.7 Å². The van der Waals surface area contributed by atoms with Gasteiger partial charge in [-0.2, -0.15) is 15.6 Å². The van der Waals surface area contributed by atoms with Crippen molar-refractivity contribution in [1.82, 2.24) is 41.3 Å². The highest BCUT2D eigenvalue weighted by molar-refractivity contribution is 6.35. The van der Waals surface area contributed by atoms with Crippen LogP contribution in [0.5, 0.6) is 5.75 Å². The summed E-state index contributed by atoms with van der Waals surface area (Å²) in [6, 6.07) is 4.62. The van der Waals surface area contributed by atoms with Gasteiger partial charge in [0.05, 0.1) is 31.0 Å². The van der Waals surface area contributed by atoms with Gasteiger partial charge in [-0.1, -0.05) is 24.4 Å². The Labute approximate surface area is 357 Å². The Kier molecular flexibility index (Phi) is 12.7. The van der Waals surface area contributed by atoms with E-state index in [-0.39, 0.29) is 70.9 Å². The Morgan fingerprint density at radius 2 is 1.72 bits per heavy atom. The number of H-pyrrole nitrogens is 2. The molecule has 324 valence electrons. The molecule has 4 fully saturated rings. The predicted octanol–water partition coefficient (Wildman–Crippen LogP) is 3.80. The number of hydrogen-bond donors (Lipinski definition) is 7. The first-order valence-corrected chi connectivity index (χ1v) is 21.2. The molecule has 7 rings (SSSR count). The number of carbonyl (C=O) groups excluding carboxylic acids is 5. The summed E-state index contributed by atoms with van der Waals surface area (Å²) >= 11 is 6.21. The lowest BCUT2D eigenvalue weighted by molar-refractivity contribution is -0.140. The van der Waals surface area contributed by atoms with E-state index in [1.54, 1.807) is 17.2 Å². The number of hydrogen-bond acceptors (Lipinski definition) is 10. The van der Waals surface area contributed by atoms with Crippen molar-refractivity contribution in [3.63, 3.8) is 0 Å². The van der Waals surface area contributed by atoms with Gasteiger partial charge in [0, 0.05) is 41.4 Å². The van der Waals surface area contributed by atoms with Gasteiger partial charge in [0.15, 0.2) is 0 Å². The quantitative estimate of drug-likeness (QED) is 0.0975. The molecule has 61 heavy (non-hydrogen) atoms. The number of nitrogens with one attached hydrogen (secondary N) is 7. The summed E-state index contributed by atoms with van der Waals surface area (Å²) in [6.07, 6.45) is 6.87. The highest BCUT2D eigenvalue weighted by Gasteiger charge is 2.48. The average molecular weight is 860 g/mol. The van der Waals surface area contributed by atoms with Gasteiger partial charge in [-0.15, -0.1) is 0 Å². The van der Waals surface area contributed by atoms with Crippen LogP contribution in [0.15, 0.2) is 24.4 Å². The van der Waals surface area contributed by atoms with Crippen molar-refractivity contribution >= 4 is 57.9 Å². The third-order valence-corrected chi connectivity index (χ3v) is 12.6. The van der Waals surface area contributed by atoms with E-state index in [9.17, 15) is 38.9 Å². The molecule has 5 unspecified atom stereocenters. The minimum absolute atomic E-state index is 0.0169. The van der Waals surface area contributed by atoms with E-state index in [1.165, 1.54) is 13.2 Å². The molecule has 1 aromatic carbocycles. The van der Waals surface area contributed by atoms with Crippen molar-refractivity contribution in [2.45, 2.75) is 114 Å². The molecule has 4 heterocycles. The number of piperidine rings is 1. The first-order valence-electron chi connectivity index (χ1n) is 20.8. The molecule has 4 aliphatic rings. The Balaban J connectivity index is 1.02. The van der Waals surface area contributed by atoms with Crippen molar-refractivity contribution in [2.75, 3.05) is 19.0 Å². The zero-order valence-corrected chi connectivity index (χ0v) is 35.0. The smallest absolute Gasteiger partial charge is 0.268 e. The number of anilines is 1. The van der Waals surface area contributed by atoms with E-state index in [2.05, 4.69) is 53.9 Å². The van der Waals surface area contributed by atoms with Gasteiger partial charge in [0.1, 0.15) is 52.3 Å². The second kappa shape index (κ2) is 18.0. The summed E-state index contributed by atoms with van der Waals surface area (Å²) in [5.41, 5.74) is -0.339. The number of nitriles is 2. The molecular weight excluding hydrogens is 809 g/mol. The van der Waals surface area contributed by atoms with Crippen LogP contribution in [-0.2, 0) is 19.2 Å². The number of ether oxygens (including phenoxy) is 1. The monoisotopic (exact) mass is 859 g/mol. The summed E-state index contributed by atoms with van der Waals surface area (Å²) in [5, 5.41) is 41.4. The van der Waals surface area contributed by atoms with E-state index in [0.717, 1.165) is 18.9 Å². The minimum atomic E-state index is -1.17. The van der Waals surface area contributed by atoms with Gasteiger partial charge >= 0.3 is 0 Å². The van der Waals surface area contributed by atoms with Crippen molar-refractivity contribution in [1.29, 1.82) is 10.5 Å².